The van der Waals surface area contributed by atoms with Gasteiger partial charge in [0.1, 0.15) is 0 Å². The van der Waals surface area contributed by atoms with Crippen LogP contribution in [0.5, 0.6) is 0 Å². The summed E-state index contributed by atoms with van der Waals surface area (Å²) in [5.41, 5.74) is 20.2. The fourth-order valence-electron chi connectivity index (χ4n) is 8.87. The minimum absolute atomic E-state index is 0. The van der Waals surface area contributed by atoms with Crippen LogP contribution >= 0.6 is 73.7 Å². The smallest absolute Gasteiger partial charge is 0.339 e. The van der Waals surface area contributed by atoms with E-state index in [1.54, 1.807) is 21.8 Å². The highest BCUT2D eigenvalue weighted by molar-refractivity contribution is 8.24. The number of hydrogen-bond acceptors (Lipinski definition) is 16. The number of nitrogens with zero attached hydrogens (tertiary/aromatic N) is 14. The van der Waals surface area contributed by atoms with Crippen LogP contribution < -0.4 is 32.1 Å². The van der Waals surface area contributed by atoms with Crippen molar-refractivity contribution in [2.24, 2.45) is 21.1 Å². The van der Waals surface area contributed by atoms with Gasteiger partial charge in [0, 0.05) is 88.8 Å². The van der Waals surface area contributed by atoms with E-state index >= 15 is 0 Å². The van der Waals surface area contributed by atoms with Crippen LogP contribution in [0.3, 0.4) is 0 Å². The molecule has 5 N–H and O–H groups in total. The van der Waals surface area contributed by atoms with E-state index in [0.29, 0.717) is 12.1 Å². The highest BCUT2D eigenvalue weighted by atomic mass is 36.0. The number of halogens is 10. The number of rotatable bonds is 6. The Morgan fingerprint density at radius 2 is 0.956 bits per heavy atom. The molecule has 0 bridgehead atoms. The van der Waals surface area contributed by atoms with Gasteiger partial charge in [0.05, 0.1) is 52.2 Å². The molecule has 0 fully saturated rings. The zero-order valence-electron chi connectivity index (χ0n) is 50.8. The van der Waals surface area contributed by atoms with Gasteiger partial charge in [0.15, 0.2) is 34.2 Å². The molecule has 7 heterocycles. The third-order valence-corrected chi connectivity index (χ3v) is 14.1. The van der Waals surface area contributed by atoms with Crippen molar-refractivity contribution in [1.82, 2.24) is 69.2 Å². The van der Waals surface area contributed by atoms with Gasteiger partial charge >= 0.3 is 10.9 Å². The molecule has 0 atom stereocenters. The van der Waals surface area contributed by atoms with Crippen molar-refractivity contribution in [1.29, 1.82) is 0 Å². The summed E-state index contributed by atoms with van der Waals surface area (Å²) in [6.07, 6.45) is 3.90. The minimum atomic E-state index is -3.22. The number of hydrogen-bond donors (Lipinski definition) is 4. The van der Waals surface area contributed by atoms with E-state index in [-0.39, 0.29) is 35.8 Å². The second kappa shape index (κ2) is 30.8. The van der Waals surface area contributed by atoms with Gasteiger partial charge in [-0.3, -0.25) is 28.4 Å². The van der Waals surface area contributed by atoms with Crippen molar-refractivity contribution >= 4 is 155 Å². The number of benzene rings is 4. The Morgan fingerprint density at radius 3 is 1.40 bits per heavy atom. The van der Waals surface area contributed by atoms with Crippen LogP contribution in [0.1, 0.15) is 50.5 Å². The SMILES string of the molecule is Cc1cc(C)c(Nc2ncc(F)c(N(C)c3cc4c(cc3C)c(C)nn4C)n2)cc1C.Cc1cc2c(C)nn(C)c2cc1N.Cc1cc2c(C)nn(C)c2cc1N(C)c1nc(Cl)ncc1F.Fc1cnc(Cl)nc1Cl.O=P(Cl)(Cl)Cl.O=c1[nH]cc(F)c(=O)[nH]1.[B]. The number of nitrogen functional groups attached to an aromatic ring is 1. The number of nitrogens with two attached hydrogens (primary N) is 1. The zero-order valence-corrected chi connectivity index (χ0v) is 56.2. The lowest BCUT2D eigenvalue weighted by molar-refractivity contribution is 0.596. The maximum absolute atomic E-state index is 14.8. The molecule has 4 aromatic carbocycles. The Balaban J connectivity index is 0.000000216. The van der Waals surface area contributed by atoms with Gasteiger partial charge in [-0.05, 0) is 195 Å². The third kappa shape index (κ3) is 18.6. The lowest BCUT2D eigenvalue weighted by Crippen LogP contribution is -2.23. The van der Waals surface area contributed by atoms with Crippen LogP contribution in [0.15, 0.2) is 82.9 Å². The second-order valence-electron chi connectivity index (χ2n) is 19.9. The highest BCUT2D eigenvalue weighted by Crippen LogP contribution is 2.61. The number of aryl methyl sites for hydroxylation is 12. The molecule has 0 aliphatic carbocycles. The average molecular weight is 1370 g/mol. The molecular formula is C57H59BCl6F4N18O3P. The molecular weight excluding hydrogens is 1320 g/mol. The van der Waals surface area contributed by atoms with E-state index in [0.717, 1.165) is 102 Å². The normalized spacial score (nSPS) is 10.8. The van der Waals surface area contributed by atoms with Gasteiger partial charge in [-0.2, -0.15) is 29.7 Å². The first kappa shape index (κ1) is 72.9. The maximum Gasteiger partial charge on any atom is 0.339 e. The number of aromatic amines is 2. The molecule has 0 saturated heterocycles. The van der Waals surface area contributed by atoms with E-state index in [2.05, 4.69) is 122 Å². The Kier molecular flexibility index (Phi) is 24.9. The fraction of sp³-hybridized carbons (Fsp3) is 0.246. The highest BCUT2D eigenvalue weighted by Gasteiger charge is 2.20. The lowest BCUT2D eigenvalue weighted by atomic mass is 10.1. The summed E-state index contributed by atoms with van der Waals surface area (Å²) in [6.45, 7) is 18.1. The summed E-state index contributed by atoms with van der Waals surface area (Å²) in [5.74, 6) is -1.96. The first-order chi connectivity index (χ1) is 41.5. The topological polar surface area (TPSA) is 258 Å². The summed E-state index contributed by atoms with van der Waals surface area (Å²) >= 11 is 30.1. The van der Waals surface area contributed by atoms with Gasteiger partial charge in [0.2, 0.25) is 22.3 Å². The molecule has 473 valence electrons. The fourth-order valence-corrected chi connectivity index (χ4v) is 9.30. The van der Waals surface area contributed by atoms with Crippen molar-refractivity contribution in [2.45, 2.75) is 62.3 Å². The molecule has 0 unspecified atom stereocenters. The van der Waals surface area contributed by atoms with Gasteiger partial charge in [-0.1, -0.05) is 17.7 Å². The van der Waals surface area contributed by atoms with Crippen LogP contribution in [0, 0.1) is 85.6 Å². The Hall–Kier alpha value is -7.84. The van der Waals surface area contributed by atoms with Crippen LogP contribution in [0.4, 0.5) is 57.9 Å². The molecule has 3 radical (unpaired) electrons. The predicted molar refractivity (Wildman–Crippen MR) is 355 cm³/mol. The molecule has 90 heavy (non-hydrogen) atoms. The summed E-state index contributed by atoms with van der Waals surface area (Å²) < 4.78 is 67.9. The quantitative estimate of drug-likeness (QED) is 0.0301. The van der Waals surface area contributed by atoms with E-state index in [1.807, 2.05) is 120 Å². The zero-order chi connectivity index (χ0) is 66.3. The molecule has 0 aliphatic heterocycles. The van der Waals surface area contributed by atoms with E-state index in [9.17, 15) is 31.7 Å². The van der Waals surface area contributed by atoms with Gasteiger partial charge in [-0.25, -0.2) is 37.9 Å². The molecule has 11 aromatic rings. The molecule has 0 aliphatic rings. The number of H-pyrrole nitrogens is 2. The van der Waals surface area contributed by atoms with Crippen molar-refractivity contribution < 1.29 is 22.1 Å². The maximum atomic E-state index is 14.8. The van der Waals surface area contributed by atoms with Crippen LogP contribution in [-0.2, 0) is 25.7 Å². The molecule has 33 heteroatoms. The molecule has 0 spiro atoms. The predicted octanol–water partition coefficient (Wildman–Crippen LogP) is 14.4. The Morgan fingerprint density at radius 1 is 0.544 bits per heavy atom. The van der Waals surface area contributed by atoms with Gasteiger partial charge in [-0.15, -0.1) is 0 Å². The van der Waals surface area contributed by atoms with E-state index in [1.165, 1.54) is 22.7 Å². The molecule has 0 amide bonds. The van der Waals surface area contributed by atoms with Crippen LogP contribution in [0.25, 0.3) is 32.7 Å². The first-order valence-corrected chi connectivity index (χ1v) is 31.7. The van der Waals surface area contributed by atoms with Crippen molar-refractivity contribution in [2.75, 3.05) is 34.9 Å². The summed E-state index contributed by atoms with van der Waals surface area (Å²) in [7, 11) is 9.29. The van der Waals surface area contributed by atoms with Gasteiger partial charge in [0.25, 0.3) is 5.56 Å². The standard InChI is InChI=1S/C24H27FN6.C15H15ClFN5.C10H13N3.C4HCl2FN2.C4H3FN2O2.B.Cl3OP/c1-13-8-15(3)20(10-14(13)2)27-24-26-12-19(25)23(28-24)30(6)21-11-22-18(9-16(21)4)17(5)29-31(22)7;1-8-5-10-9(2)20-22(4)13(10)6-12(8)21(3)14-11(17)7-18-15(16)19-14;1-6-4-8-7(2)12-13(3)10(8)5-9(6)11;5-3-2(7)1-8-4(6)9-3;5-2-1-6-4(9)7-3(2)8;;1-5(2,3)4/h8-12H,1-7H3,(H,26,27,28);5-7H,1-4H3;4-5H,11H2,1-3H3;1H;1H,(H2,6,7,8,9);;. The molecule has 11 rings (SSSR count). The minimum Gasteiger partial charge on any atom is -0.398 e. The number of nitrogens with one attached hydrogen (secondary N) is 3. The summed E-state index contributed by atoms with van der Waals surface area (Å²) in [6, 6.07) is 16.4. The number of aromatic nitrogens is 14. The largest absolute Gasteiger partial charge is 0.398 e. The summed E-state index contributed by atoms with van der Waals surface area (Å²) in [5, 5.41) is 16.3. The van der Waals surface area contributed by atoms with E-state index < -0.39 is 39.7 Å². The molecule has 7 aromatic heterocycles. The monoisotopic (exact) mass is 1370 g/mol. The van der Waals surface area contributed by atoms with E-state index in [4.69, 9.17) is 40.5 Å². The average Bonchev–Trinajstić information content (AvgIpc) is 1.59. The van der Waals surface area contributed by atoms with Crippen LogP contribution in [0.2, 0.25) is 15.7 Å². The van der Waals surface area contributed by atoms with Crippen molar-refractivity contribution in [3.8, 4) is 0 Å². The molecule has 0 saturated carbocycles. The Labute approximate surface area is 545 Å². The molecule has 21 nitrogen and oxygen atoms in total. The summed E-state index contributed by atoms with van der Waals surface area (Å²) in [4.78, 5) is 50.4. The Bertz CT molecular complexity index is 4550. The number of fused-ring (bicyclic) bond motifs is 3. The second-order valence-corrected chi connectivity index (χ2v) is 27.6. The number of anilines is 7. The third-order valence-electron chi connectivity index (χ3n) is 13.4. The van der Waals surface area contributed by atoms with Crippen LogP contribution in [-0.4, -0.2) is 91.7 Å². The van der Waals surface area contributed by atoms with Gasteiger partial charge < -0.3 is 25.8 Å². The first-order valence-electron chi connectivity index (χ1n) is 26.1. The lowest BCUT2D eigenvalue weighted by Gasteiger charge is -2.22. The van der Waals surface area contributed by atoms with Crippen molar-refractivity contribution in [3.05, 3.63) is 184 Å². The van der Waals surface area contributed by atoms with Crippen molar-refractivity contribution in [3.63, 3.8) is 0 Å².